The molecule has 3 heterocycles. The lowest BCUT2D eigenvalue weighted by atomic mass is 9.91. The van der Waals surface area contributed by atoms with E-state index in [0.717, 1.165) is 28.1 Å². The van der Waals surface area contributed by atoms with Crippen molar-refractivity contribution < 1.29 is 33.5 Å². The maximum atomic E-state index is 13.9. The second kappa shape index (κ2) is 18.2. The Morgan fingerprint density at radius 3 is 2.59 bits per heavy atom. The topological polar surface area (TPSA) is 159 Å². The zero-order valence-corrected chi connectivity index (χ0v) is 30.1. The number of hydrogen-bond donors (Lipinski definition) is 3. The molecule has 2 aromatic heterocycles. The Balaban J connectivity index is 1.29. The van der Waals surface area contributed by atoms with Gasteiger partial charge in [0, 0.05) is 59.2 Å². The van der Waals surface area contributed by atoms with E-state index in [4.69, 9.17) is 14.0 Å². The number of likely N-dealkylation sites (tertiary alicyclic amines) is 1. The first kappa shape index (κ1) is 38.0. The lowest BCUT2D eigenvalue weighted by Gasteiger charge is -2.28. The summed E-state index contributed by atoms with van der Waals surface area (Å²) in [5.74, 6) is -0.895. The molecule has 1 saturated heterocycles. The fourth-order valence-corrected chi connectivity index (χ4v) is 6.48. The Hall–Kier alpha value is -3.85. The van der Waals surface area contributed by atoms with Gasteiger partial charge in [0.1, 0.15) is 18.6 Å². The number of aryl methyl sites for hydroxylation is 1. The lowest BCUT2D eigenvalue weighted by molar-refractivity contribution is -0.141. The summed E-state index contributed by atoms with van der Waals surface area (Å²) in [6, 6.07) is 8.74. The van der Waals surface area contributed by atoms with Crippen LogP contribution in [0.5, 0.6) is 5.88 Å². The molecule has 14 heteroatoms. The molecule has 13 nitrogen and oxygen atoms in total. The fraction of sp³-hybridized carbons (Fsp3) is 0.571. The first-order valence-electron chi connectivity index (χ1n) is 16.9. The van der Waals surface area contributed by atoms with Crippen LogP contribution in [0.15, 0.2) is 40.4 Å². The molecular formula is C35H50N6O7S. The molecule has 0 aliphatic carbocycles. The average molecular weight is 699 g/mol. The first-order valence-corrected chi connectivity index (χ1v) is 17.7. The molecule has 268 valence electrons. The summed E-state index contributed by atoms with van der Waals surface area (Å²) in [6.07, 6.45) is 0.301. The number of aliphatic hydroxyl groups excluding tert-OH is 1. The summed E-state index contributed by atoms with van der Waals surface area (Å²) < 4.78 is 17.4. The molecule has 0 bridgehead atoms. The largest absolute Gasteiger partial charge is 0.473 e. The van der Waals surface area contributed by atoms with E-state index < -0.39 is 18.1 Å². The van der Waals surface area contributed by atoms with E-state index in [-0.39, 0.29) is 55.2 Å². The van der Waals surface area contributed by atoms with Gasteiger partial charge in [-0.3, -0.25) is 14.4 Å². The average Bonchev–Trinajstić information content (AvgIpc) is 3.83. The van der Waals surface area contributed by atoms with Crippen molar-refractivity contribution in [2.45, 2.75) is 77.7 Å². The number of aliphatic hydroxyl groups is 1. The predicted octanol–water partition coefficient (Wildman–Crippen LogP) is 3.37. The summed E-state index contributed by atoms with van der Waals surface area (Å²) in [4.78, 5) is 47.4. The smallest absolute Gasteiger partial charge is 0.254 e. The van der Waals surface area contributed by atoms with Crippen LogP contribution in [0.25, 0.3) is 10.4 Å². The molecule has 4 atom stereocenters. The lowest BCUT2D eigenvalue weighted by Crippen LogP contribution is -2.48. The highest BCUT2D eigenvalue weighted by Gasteiger charge is 2.43. The number of nitrogens with zero attached hydrogens (tertiary/aromatic N) is 4. The predicted molar refractivity (Wildman–Crippen MR) is 186 cm³/mol. The van der Waals surface area contributed by atoms with E-state index in [9.17, 15) is 19.5 Å². The highest BCUT2D eigenvalue weighted by molar-refractivity contribution is 7.13. The van der Waals surface area contributed by atoms with E-state index in [0.29, 0.717) is 38.4 Å². The summed E-state index contributed by atoms with van der Waals surface area (Å²) in [5, 5.41) is 20.7. The van der Waals surface area contributed by atoms with Gasteiger partial charge in [-0.05, 0) is 35.5 Å². The van der Waals surface area contributed by atoms with E-state index in [2.05, 4.69) is 20.8 Å². The van der Waals surface area contributed by atoms with Gasteiger partial charge in [-0.25, -0.2) is 4.98 Å². The molecule has 0 saturated carbocycles. The van der Waals surface area contributed by atoms with Crippen LogP contribution in [-0.2, 0) is 25.7 Å². The minimum absolute atomic E-state index is 0.0524. The third kappa shape index (κ3) is 10.6. The Labute approximate surface area is 292 Å². The molecule has 1 fully saturated rings. The second-order valence-corrected chi connectivity index (χ2v) is 13.7. The third-order valence-corrected chi connectivity index (χ3v) is 9.54. The van der Waals surface area contributed by atoms with Crippen LogP contribution in [0.2, 0.25) is 0 Å². The molecule has 3 amide bonds. The zero-order chi connectivity index (χ0) is 35.5. The minimum Gasteiger partial charge on any atom is -0.473 e. The number of amides is 3. The van der Waals surface area contributed by atoms with Gasteiger partial charge in [-0.15, -0.1) is 11.3 Å². The van der Waals surface area contributed by atoms with Crippen LogP contribution in [0.3, 0.4) is 0 Å². The summed E-state index contributed by atoms with van der Waals surface area (Å²) >= 11 is 1.59. The number of hydrogen-bond acceptors (Lipinski definition) is 11. The standard InChI is InChI=1S/C35H50N6O7S/c1-7-27(46-15-14-36-13-12-31(43)40(5)6)20-47-30-17-29(48-39-30)32(22(2)3)35(45)41-19-26(42)16-28(41)34(44)37-18-24-8-10-25(11-9-24)33-23(4)38-21-49-33/h8-11,17,21-22,26-28,32,36,42H,7,12-16,18-20H2,1-6H3,(H,37,44)/t26?,27?,28?,32-/m0/s1. The van der Waals surface area contributed by atoms with E-state index in [1.54, 1.807) is 36.4 Å². The number of benzene rings is 1. The third-order valence-electron chi connectivity index (χ3n) is 8.56. The number of ether oxygens (including phenoxy) is 2. The molecule has 3 N–H and O–H groups in total. The maximum Gasteiger partial charge on any atom is 0.254 e. The van der Waals surface area contributed by atoms with Crippen LogP contribution in [0.1, 0.15) is 63.0 Å². The van der Waals surface area contributed by atoms with Gasteiger partial charge in [0.05, 0.1) is 34.9 Å². The van der Waals surface area contributed by atoms with Gasteiger partial charge in [-0.2, -0.15) is 0 Å². The molecular weight excluding hydrogens is 648 g/mol. The fourth-order valence-electron chi connectivity index (χ4n) is 5.67. The van der Waals surface area contributed by atoms with Gasteiger partial charge >= 0.3 is 0 Å². The van der Waals surface area contributed by atoms with Crippen LogP contribution in [0, 0.1) is 12.8 Å². The molecule has 4 rings (SSSR count). The molecule has 1 aliphatic rings. The number of thiazole rings is 1. The molecule has 1 aromatic carbocycles. The molecule has 3 aromatic rings. The van der Waals surface area contributed by atoms with E-state index >= 15 is 0 Å². The monoisotopic (exact) mass is 698 g/mol. The zero-order valence-electron chi connectivity index (χ0n) is 29.3. The Kier molecular flexibility index (Phi) is 14.1. The van der Waals surface area contributed by atoms with Gasteiger partial charge in [-0.1, -0.05) is 45.0 Å². The van der Waals surface area contributed by atoms with Gasteiger partial charge < -0.3 is 39.5 Å². The van der Waals surface area contributed by atoms with E-state index in [1.807, 2.05) is 57.5 Å². The number of aromatic nitrogens is 2. The van der Waals surface area contributed by atoms with Crippen molar-refractivity contribution in [1.29, 1.82) is 0 Å². The van der Waals surface area contributed by atoms with Crippen molar-refractivity contribution in [3.8, 4) is 16.3 Å². The number of β-amino-alcohol motifs (C(OH)–C–C–N with tert-alkyl or cyclic N) is 1. The molecule has 49 heavy (non-hydrogen) atoms. The van der Waals surface area contributed by atoms with E-state index in [1.165, 1.54) is 4.90 Å². The van der Waals surface area contributed by atoms with Crippen molar-refractivity contribution in [2.24, 2.45) is 5.92 Å². The number of carbonyl (C=O) groups is 3. The van der Waals surface area contributed by atoms with Crippen molar-refractivity contribution in [3.05, 3.63) is 52.9 Å². The summed E-state index contributed by atoms with van der Waals surface area (Å²) in [5.41, 5.74) is 4.79. The number of nitrogens with one attached hydrogen (secondary N) is 2. The van der Waals surface area contributed by atoms with Crippen LogP contribution in [0.4, 0.5) is 0 Å². The van der Waals surface area contributed by atoms with Crippen molar-refractivity contribution in [1.82, 2.24) is 30.6 Å². The van der Waals surface area contributed by atoms with Crippen LogP contribution >= 0.6 is 11.3 Å². The SMILES string of the molecule is CCC(COc1cc([C@@H](C(=O)N2CC(O)CC2C(=O)NCc2ccc(-c3scnc3C)cc2)C(C)C)on1)OCCNCCC(=O)N(C)C. The van der Waals surface area contributed by atoms with Gasteiger partial charge in [0.25, 0.3) is 5.88 Å². The quantitative estimate of drug-likeness (QED) is 0.168. The van der Waals surface area contributed by atoms with Gasteiger partial charge in [0.2, 0.25) is 17.7 Å². The Morgan fingerprint density at radius 1 is 1.18 bits per heavy atom. The minimum atomic E-state index is -0.815. The summed E-state index contributed by atoms with van der Waals surface area (Å²) in [7, 11) is 3.47. The summed E-state index contributed by atoms with van der Waals surface area (Å²) in [6.45, 7) is 10.0. The Bertz CT molecular complexity index is 1510. The van der Waals surface area contributed by atoms with Crippen LogP contribution < -0.4 is 15.4 Å². The normalized spacial score (nSPS) is 17.3. The highest BCUT2D eigenvalue weighted by Crippen LogP contribution is 2.33. The maximum absolute atomic E-state index is 13.9. The Morgan fingerprint density at radius 2 is 1.94 bits per heavy atom. The molecule has 1 aliphatic heterocycles. The van der Waals surface area contributed by atoms with Crippen molar-refractivity contribution in [3.63, 3.8) is 0 Å². The number of carbonyl (C=O) groups excluding carboxylic acids is 3. The van der Waals surface area contributed by atoms with Crippen molar-refractivity contribution in [2.75, 3.05) is 46.9 Å². The van der Waals surface area contributed by atoms with Crippen LogP contribution in [-0.4, -0.2) is 108 Å². The molecule has 3 unspecified atom stereocenters. The van der Waals surface area contributed by atoms with Gasteiger partial charge in [0.15, 0.2) is 5.76 Å². The highest BCUT2D eigenvalue weighted by atomic mass is 32.1. The second-order valence-electron chi connectivity index (χ2n) is 12.9. The van der Waals surface area contributed by atoms with Crippen molar-refractivity contribution >= 4 is 29.1 Å². The number of rotatable bonds is 18. The molecule has 0 spiro atoms. The molecule has 0 radical (unpaired) electrons. The first-order chi connectivity index (χ1) is 23.5.